The van der Waals surface area contributed by atoms with Crippen LogP contribution in [0, 0.1) is 17.8 Å². The highest BCUT2D eigenvalue weighted by molar-refractivity contribution is 5.26. The Morgan fingerprint density at radius 1 is 1.16 bits per heavy atom. The topological polar surface area (TPSA) is 44.5 Å². The van der Waals surface area contributed by atoms with Crippen LogP contribution >= 0.6 is 0 Å². The molecule has 0 aliphatic carbocycles. The maximum absolute atomic E-state index is 6.32. The molecule has 0 heterocycles. The van der Waals surface area contributed by atoms with Crippen molar-refractivity contribution < 1.29 is 9.47 Å². The van der Waals surface area contributed by atoms with Crippen molar-refractivity contribution in [2.24, 2.45) is 23.5 Å². The molecule has 144 valence electrons. The van der Waals surface area contributed by atoms with Crippen LogP contribution in [0.4, 0.5) is 0 Å². The van der Waals surface area contributed by atoms with Gasteiger partial charge in [-0.1, -0.05) is 64.5 Å². The maximum atomic E-state index is 6.32. The van der Waals surface area contributed by atoms with Crippen molar-refractivity contribution in [3.8, 4) is 0 Å². The van der Waals surface area contributed by atoms with Crippen molar-refractivity contribution in [3.05, 3.63) is 48.3 Å². The molecule has 0 rings (SSSR count). The molecule has 3 unspecified atom stereocenters. The van der Waals surface area contributed by atoms with Crippen LogP contribution in [0.3, 0.4) is 0 Å². The highest BCUT2D eigenvalue weighted by Crippen LogP contribution is 2.25. The van der Waals surface area contributed by atoms with E-state index in [-0.39, 0.29) is 18.1 Å². The minimum Gasteiger partial charge on any atom is -0.501 e. The van der Waals surface area contributed by atoms with Gasteiger partial charge in [-0.15, -0.1) is 6.58 Å². The van der Waals surface area contributed by atoms with Crippen molar-refractivity contribution in [2.75, 3.05) is 13.7 Å². The first kappa shape index (κ1) is 23.7. The zero-order chi connectivity index (χ0) is 19.6. The molecule has 2 N–H and O–H groups in total. The quantitative estimate of drug-likeness (QED) is 0.297. The monoisotopic (exact) mass is 349 g/mol. The molecular formula is C22H39NO2. The average Bonchev–Trinajstić information content (AvgIpc) is 2.58. The number of rotatable bonds is 12. The van der Waals surface area contributed by atoms with Crippen molar-refractivity contribution in [1.29, 1.82) is 0 Å². The molecule has 3 heteroatoms. The summed E-state index contributed by atoms with van der Waals surface area (Å²) < 4.78 is 11.8. The minimum atomic E-state index is -0.145. The first-order chi connectivity index (χ1) is 11.7. The summed E-state index contributed by atoms with van der Waals surface area (Å²) in [5.74, 6) is 1.73. The van der Waals surface area contributed by atoms with Gasteiger partial charge in [0.1, 0.15) is 0 Å². The molecule has 0 aliphatic heterocycles. The van der Waals surface area contributed by atoms with Gasteiger partial charge in [0.25, 0.3) is 0 Å². The molecule has 0 bridgehead atoms. The molecule has 0 fully saturated rings. The highest BCUT2D eigenvalue weighted by atomic mass is 16.5. The molecule has 0 saturated heterocycles. The third-order valence-corrected chi connectivity index (χ3v) is 4.64. The average molecular weight is 350 g/mol. The molecule has 3 atom stereocenters. The highest BCUT2D eigenvalue weighted by Gasteiger charge is 2.23. The van der Waals surface area contributed by atoms with E-state index in [0.29, 0.717) is 18.4 Å². The van der Waals surface area contributed by atoms with Crippen LogP contribution in [0.15, 0.2) is 48.3 Å². The van der Waals surface area contributed by atoms with Crippen molar-refractivity contribution >= 4 is 0 Å². The SMILES string of the molecule is C=C/C(C)=C(\CC)C(COC(/C=C(\OC)C(C)C)C(C)C)C(N)C=C. The largest absolute Gasteiger partial charge is 0.501 e. The summed E-state index contributed by atoms with van der Waals surface area (Å²) in [6.07, 6.45) is 6.70. The summed E-state index contributed by atoms with van der Waals surface area (Å²) in [6.45, 7) is 21.1. The Hall–Kier alpha value is -1.32. The minimum absolute atomic E-state index is 0.0148. The fourth-order valence-corrected chi connectivity index (χ4v) is 2.88. The van der Waals surface area contributed by atoms with Gasteiger partial charge in [-0.05, 0) is 25.3 Å². The van der Waals surface area contributed by atoms with Crippen LogP contribution in [0.2, 0.25) is 0 Å². The van der Waals surface area contributed by atoms with Crippen molar-refractivity contribution in [1.82, 2.24) is 0 Å². The fourth-order valence-electron chi connectivity index (χ4n) is 2.88. The van der Waals surface area contributed by atoms with Crippen LogP contribution in [0.5, 0.6) is 0 Å². The lowest BCUT2D eigenvalue weighted by Crippen LogP contribution is -2.35. The molecule has 0 amide bonds. The van der Waals surface area contributed by atoms with Gasteiger partial charge in [0.15, 0.2) is 0 Å². The first-order valence-corrected chi connectivity index (χ1v) is 9.30. The Labute approximate surface area is 155 Å². The van der Waals surface area contributed by atoms with Crippen LogP contribution < -0.4 is 5.73 Å². The second-order valence-electron chi connectivity index (χ2n) is 7.16. The van der Waals surface area contributed by atoms with E-state index in [9.17, 15) is 0 Å². The van der Waals surface area contributed by atoms with Crippen LogP contribution in [0.1, 0.15) is 48.0 Å². The van der Waals surface area contributed by atoms with E-state index < -0.39 is 0 Å². The normalized spacial score (nSPS) is 17.1. The van der Waals surface area contributed by atoms with E-state index in [1.807, 2.05) is 6.08 Å². The molecule has 0 aromatic carbocycles. The van der Waals surface area contributed by atoms with Crippen LogP contribution in [-0.2, 0) is 9.47 Å². The van der Waals surface area contributed by atoms with Crippen LogP contribution in [-0.4, -0.2) is 25.9 Å². The van der Waals surface area contributed by atoms with E-state index in [2.05, 4.69) is 60.8 Å². The number of hydrogen-bond donors (Lipinski definition) is 1. The Morgan fingerprint density at radius 3 is 2.12 bits per heavy atom. The Bertz CT molecular complexity index is 474. The molecule has 3 nitrogen and oxygen atoms in total. The summed E-state index contributed by atoms with van der Waals surface area (Å²) in [6, 6.07) is -0.145. The van der Waals surface area contributed by atoms with Gasteiger partial charge in [-0.3, -0.25) is 0 Å². The summed E-state index contributed by atoms with van der Waals surface area (Å²) in [4.78, 5) is 0. The summed E-state index contributed by atoms with van der Waals surface area (Å²) in [7, 11) is 1.71. The predicted molar refractivity (Wildman–Crippen MR) is 109 cm³/mol. The van der Waals surface area contributed by atoms with Crippen molar-refractivity contribution in [2.45, 2.75) is 60.1 Å². The third-order valence-electron chi connectivity index (χ3n) is 4.64. The lowest BCUT2D eigenvalue weighted by molar-refractivity contribution is 0.0321. The van der Waals surface area contributed by atoms with Crippen molar-refractivity contribution in [3.63, 3.8) is 0 Å². The number of allylic oxidation sites excluding steroid dienone is 3. The lowest BCUT2D eigenvalue weighted by Gasteiger charge is -2.28. The standard InChI is InChI=1S/C22H39NO2/c1-10-17(8)18(11-2)19(20(23)12-3)14-25-22(16(6)7)13-21(24-9)15(4)5/h10,12-13,15-16,19-20,22H,1,3,11,14,23H2,2,4-9H3/b18-17+,21-13-. The molecule has 0 aromatic heterocycles. The zero-order valence-electron chi connectivity index (χ0n) is 17.3. The zero-order valence-corrected chi connectivity index (χ0v) is 17.3. The molecule has 0 aromatic rings. The fraction of sp³-hybridized carbons (Fsp3) is 0.636. The van der Waals surface area contributed by atoms with Gasteiger partial charge in [0.05, 0.1) is 25.6 Å². The summed E-state index contributed by atoms with van der Waals surface area (Å²) in [5.41, 5.74) is 8.77. The molecule has 0 aliphatic rings. The second kappa shape index (κ2) is 12.1. The van der Waals surface area contributed by atoms with Crippen LogP contribution in [0.25, 0.3) is 0 Å². The predicted octanol–water partition coefficient (Wildman–Crippen LogP) is 5.26. The van der Waals surface area contributed by atoms with Gasteiger partial charge in [-0.2, -0.15) is 0 Å². The van der Waals surface area contributed by atoms with E-state index >= 15 is 0 Å². The Morgan fingerprint density at radius 2 is 1.76 bits per heavy atom. The number of ether oxygens (including phenoxy) is 2. The summed E-state index contributed by atoms with van der Waals surface area (Å²) in [5, 5.41) is 0. The van der Waals surface area contributed by atoms with Gasteiger partial charge < -0.3 is 15.2 Å². The Kier molecular flexibility index (Phi) is 11.5. The van der Waals surface area contributed by atoms with Gasteiger partial charge in [-0.25, -0.2) is 0 Å². The molecule has 0 spiro atoms. The number of hydrogen-bond acceptors (Lipinski definition) is 3. The van der Waals surface area contributed by atoms with Gasteiger partial charge in [0.2, 0.25) is 0 Å². The summed E-state index contributed by atoms with van der Waals surface area (Å²) >= 11 is 0. The molecular weight excluding hydrogens is 310 g/mol. The molecule has 0 saturated carbocycles. The molecule has 0 radical (unpaired) electrons. The third kappa shape index (κ3) is 7.62. The van der Waals surface area contributed by atoms with E-state index in [1.54, 1.807) is 13.2 Å². The second-order valence-corrected chi connectivity index (χ2v) is 7.16. The smallest absolute Gasteiger partial charge is 0.0966 e. The van der Waals surface area contributed by atoms with E-state index in [4.69, 9.17) is 15.2 Å². The number of methoxy groups -OCH3 is 1. The van der Waals surface area contributed by atoms with Gasteiger partial charge >= 0.3 is 0 Å². The molecule has 25 heavy (non-hydrogen) atoms. The number of nitrogens with two attached hydrogens (primary N) is 1. The lowest BCUT2D eigenvalue weighted by atomic mass is 9.87. The Balaban J connectivity index is 5.49. The van der Waals surface area contributed by atoms with Gasteiger partial charge in [0, 0.05) is 17.9 Å². The maximum Gasteiger partial charge on any atom is 0.0966 e. The van der Waals surface area contributed by atoms with E-state index in [0.717, 1.165) is 12.2 Å². The van der Waals surface area contributed by atoms with E-state index in [1.165, 1.54) is 11.1 Å². The first-order valence-electron chi connectivity index (χ1n) is 9.30.